The molecule has 2 heteroatoms. The van der Waals surface area contributed by atoms with Gasteiger partial charge in [-0.2, -0.15) is 0 Å². The van der Waals surface area contributed by atoms with Gasteiger partial charge in [-0.1, -0.05) is 74.5 Å². The number of nitrogens with zero attached hydrogens (tertiary/aromatic N) is 1. The second kappa shape index (κ2) is 9.00. The van der Waals surface area contributed by atoms with Crippen molar-refractivity contribution in [2.45, 2.75) is 26.5 Å². The fourth-order valence-electron chi connectivity index (χ4n) is 2.85. The molecule has 0 N–H and O–H groups in total. The van der Waals surface area contributed by atoms with Crippen molar-refractivity contribution in [1.82, 2.24) is 0 Å². The lowest BCUT2D eigenvalue weighted by Gasteiger charge is -2.16. The van der Waals surface area contributed by atoms with Crippen molar-refractivity contribution in [2.75, 3.05) is 0 Å². The van der Waals surface area contributed by atoms with Gasteiger partial charge in [0.2, 0.25) is 0 Å². The molecule has 0 bridgehead atoms. The highest BCUT2D eigenvalue weighted by Gasteiger charge is 2.13. The first-order valence-corrected chi connectivity index (χ1v) is 9.07. The highest BCUT2D eigenvalue weighted by Crippen LogP contribution is 2.25. The zero-order valence-corrected chi connectivity index (χ0v) is 15.4. The Morgan fingerprint density at radius 3 is 2.04 bits per heavy atom. The Bertz CT molecular complexity index is 808. The molecule has 3 aromatic carbocycles. The molecule has 26 heavy (non-hydrogen) atoms. The Hall–Kier alpha value is -2.87. The highest BCUT2D eigenvalue weighted by molar-refractivity contribution is 5.80. The minimum absolute atomic E-state index is 0.171. The van der Waals surface area contributed by atoms with Gasteiger partial charge in [0.1, 0.15) is 12.4 Å². The lowest BCUT2D eigenvalue weighted by molar-refractivity contribution is 0.306. The van der Waals surface area contributed by atoms with Gasteiger partial charge in [0, 0.05) is 6.21 Å². The number of benzene rings is 3. The Kier molecular flexibility index (Phi) is 6.21. The Morgan fingerprint density at radius 1 is 0.808 bits per heavy atom. The zero-order valence-electron chi connectivity index (χ0n) is 15.4. The van der Waals surface area contributed by atoms with Crippen molar-refractivity contribution in [2.24, 2.45) is 10.9 Å². The maximum Gasteiger partial charge on any atom is 0.119 e. The van der Waals surface area contributed by atoms with E-state index in [2.05, 4.69) is 50.2 Å². The first-order chi connectivity index (χ1) is 12.7. The number of ether oxygens (including phenoxy) is 1. The molecule has 0 saturated carbocycles. The number of hydrogen-bond acceptors (Lipinski definition) is 2. The molecule has 3 aromatic rings. The largest absolute Gasteiger partial charge is 0.489 e. The third-order valence-electron chi connectivity index (χ3n) is 4.29. The molecule has 3 rings (SSSR count). The molecule has 0 spiro atoms. The summed E-state index contributed by atoms with van der Waals surface area (Å²) < 4.78 is 5.84. The summed E-state index contributed by atoms with van der Waals surface area (Å²) in [5, 5.41) is 0. The average molecular weight is 343 g/mol. The zero-order chi connectivity index (χ0) is 18.2. The van der Waals surface area contributed by atoms with Crippen LogP contribution in [0.5, 0.6) is 5.75 Å². The fraction of sp³-hybridized carbons (Fsp3) is 0.208. The van der Waals surface area contributed by atoms with Crippen LogP contribution in [0, 0.1) is 5.92 Å². The van der Waals surface area contributed by atoms with Gasteiger partial charge in [0.15, 0.2) is 0 Å². The van der Waals surface area contributed by atoms with Crippen LogP contribution in [0.2, 0.25) is 0 Å². The van der Waals surface area contributed by atoms with Crippen molar-refractivity contribution in [3.63, 3.8) is 0 Å². The molecule has 2 nitrogen and oxygen atoms in total. The molecule has 0 heterocycles. The third kappa shape index (κ3) is 5.06. The fourth-order valence-corrected chi connectivity index (χ4v) is 2.85. The van der Waals surface area contributed by atoms with E-state index in [1.165, 1.54) is 11.1 Å². The van der Waals surface area contributed by atoms with Crippen molar-refractivity contribution < 1.29 is 4.74 Å². The van der Waals surface area contributed by atoms with Crippen molar-refractivity contribution in [1.29, 1.82) is 0 Å². The third-order valence-corrected chi connectivity index (χ3v) is 4.29. The summed E-state index contributed by atoms with van der Waals surface area (Å²) in [4.78, 5) is 4.82. The summed E-state index contributed by atoms with van der Waals surface area (Å²) in [6, 6.07) is 28.9. The second-order valence-electron chi connectivity index (χ2n) is 6.72. The van der Waals surface area contributed by atoms with Gasteiger partial charge in [0.25, 0.3) is 0 Å². The summed E-state index contributed by atoms with van der Waals surface area (Å²) in [7, 11) is 0. The Labute approximate surface area is 156 Å². The molecule has 0 aliphatic rings. The molecule has 0 radical (unpaired) electrons. The summed E-state index contributed by atoms with van der Waals surface area (Å²) in [5.41, 5.74) is 3.50. The van der Waals surface area contributed by atoms with Crippen LogP contribution in [0.25, 0.3) is 0 Å². The average Bonchev–Trinajstić information content (AvgIpc) is 2.69. The minimum atomic E-state index is 0.171. The number of hydrogen-bond donors (Lipinski definition) is 0. The van der Waals surface area contributed by atoms with Crippen LogP contribution in [0.1, 0.15) is 36.6 Å². The lowest BCUT2D eigenvalue weighted by atomic mass is 9.97. The van der Waals surface area contributed by atoms with Gasteiger partial charge in [-0.05, 0) is 46.9 Å². The molecule has 0 aliphatic heterocycles. The van der Waals surface area contributed by atoms with Crippen LogP contribution in [0.15, 0.2) is 89.9 Å². The van der Waals surface area contributed by atoms with Gasteiger partial charge in [-0.25, -0.2) is 0 Å². The molecule has 1 unspecified atom stereocenters. The first kappa shape index (κ1) is 17.9. The SMILES string of the molecule is CC(C)C(/N=C\c1ccc(OCc2ccccc2)cc1)c1ccccc1. The monoisotopic (exact) mass is 343 g/mol. The van der Waals surface area contributed by atoms with E-state index in [1.54, 1.807) is 0 Å². The molecule has 0 aromatic heterocycles. The summed E-state index contributed by atoms with van der Waals surface area (Å²) in [6.07, 6.45) is 1.96. The van der Waals surface area contributed by atoms with E-state index in [-0.39, 0.29) is 6.04 Å². The lowest BCUT2D eigenvalue weighted by Crippen LogP contribution is -2.04. The van der Waals surface area contributed by atoms with Gasteiger partial charge < -0.3 is 4.74 Å². The van der Waals surface area contributed by atoms with Gasteiger partial charge >= 0.3 is 0 Å². The van der Waals surface area contributed by atoms with Crippen molar-refractivity contribution in [3.05, 3.63) is 102 Å². The van der Waals surface area contributed by atoms with E-state index in [4.69, 9.17) is 9.73 Å². The van der Waals surface area contributed by atoms with Crippen LogP contribution in [0.4, 0.5) is 0 Å². The van der Waals surface area contributed by atoms with Crippen LogP contribution >= 0.6 is 0 Å². The standard InChI is InChI=1S/C24H25NO/c1-19(2)24(22-11-7-4-8-12-22)25-17-20-13-15-23(16-14-20)26-18-21-9-5-3-6-10-21/h3-17,19,24H,18H2,1-2H3/b25-17-. The van der Waals surface area contributed by atoms with E-state index in [0.29, 0.717) is 12.5 Å². The number of aliphatic imine (C=N–C) groups is 1. The van der Waals surface area contributed by atoms with Crippen LogP contribution in [-0.2, 0) is 6.61 Å². The Balaban J connectivity index is 1.63. The summed E-state index contributed by atoms with van der Waals surface area (Å²) in [5.74, 6) is 1.32. The molecule has 0 saturated heterocycles. The molecular weight excluding hydrogens is 318 g/mol. The van der Waals surface area contributed by atoms with Crippen LogP contribution < -0.4 is 4.74 Å². The van der Waals surface area contributed by atoms with E-state index >= 15 is 0 Å². The van der Waals surface area contributed by atoms with Gasteiger partial charge in [0.05, 0.1) is 6.04 Å². The normalized spacial score (nSPS) is 12.4. The van der Waals surface area contributed by atoms with Crippen molar-refractivity contribution >= 4 is 6.21 Å². The molecule has 0 aliphatic carbocycles. The Morgan fingerprint density at radius 2 is 1.42 bits per heavy atom. The maximum absolute atomic E-state index is 5.84. The molecule has 132 valence electrons. The van der Waals surface area contributed by atoms with E-state index in [1.807, 2.05) is 54.7 Å². The predicted octanol–water partition coefficient (Wildman–Crippen LogP) is 6.08. The van der Waals surface area contributed by atoms with Gasteiger partial charge in [-0.3, -0.25) is 4.99 Å². The van der Waals surface area contributed by atoms with E-state index in [9.17, 15) is 0 Å². The molecule has 0 fully saturated rings. The minimum Gasteiger partial charge on any atom is -0.489 e. The first-order valence-electron chi connectivity index (χ1n) is 9.07. The van der Waals surface area contributed by atoms with E-state index < -0.39 is 0 Å². The topological polar surface area (TPSA) is 21.6 Å². The smallest absolute Gasteiger partial charge is 0.119 e. The molecular formula is C24H25NO. The quantitative estimate of drug-likeness (QED) is 0.476. The molecule has 0 amide bonds. The number of rotatable bonds is 7. The van der Waals surface area contributed by atoms with Crippen molar-refractivity contribution in [3.8, 4) is 5.75 Å². The highest BCUT2D eigenvalue weighted by atomic mass is 16.5. The van der Waals surface area contributed by atoms with E-state index in [0.717, 1.165) is 11.3 Å². The van der Waals surface area contributed by atoms with Crippen LogP contribution in [0.3, 0.4) is 0 Å². The van der Waals surface area contributed by atoms with Crippen LogP contribution in [-0.4, -0.2) is 6.21 Å². The summed E-state index contributed by atoms with van der Waals surface area (Å²) >= 11 is 0. The predicted molar refractivity (Wildman–Crippen MR) is 109 cm³/mol. The molecule has 1 atom stereocenters. The maximum atomic E-state index is 5.84. The summed E-state index contributed by atoms with van der Waals surface area (Å²) in [6.45, 7) is 4.99. The van der Waals surface area contributed by atoms with Gasteiger partial charge in [-0.15, -0.1) is 0 Å². The second-order valence-corrected chi connectivity index (χ2v) is 6.72.